The second kappa shape index (κ2) is 7.02. The van der Waals surface area contributed by atoms with Gasteiger partial charge in [0.25, 0.3) is 0 Å². The van der Waals surface area contributed by atoms with Crippen molar-refractivity contribution in [3.8, 4) is 0 Å². The van der Waals surface area contributed by atoms with Gasteiger partial charge in [-0.15, -0.1) is 0 Å². The first-order chi connectivity index (χ1) is 9.61. The van der Waals surface area contributed by atoms with E-state index in [0.29, 0.717) is 36.8 Å². The molecule has 1 amide bonds. The monoisotopic (exact) mass is 299 g/mol. The lowest BCUT2D eigenvalue weighted by molar-refractivity contribution is -0.131. The van der Waals surface area contributed by atoms with E-state index in [4.69, 9.17) is 11.6 Å². The van der Waals surface area contributed by atoms with Gasteiger partial charge in [0.05, 0.1) is 6.54 Å². The average molecular weight is 300 g/mol. The first-order valence-electron chi connectivity index (χ1n) is 6.69. The van der Waals surface area contributed by atoms with Gasteiger partial charge in [-0.05, 0) is 19.2 Å². The van der Waals surface area contributed by atoms with Gasteiger partial charge < -0.3 is 10.2 Å². The largest absolute Gasteiger partial charge is 0.339 e. The molecule has 1 aromatic rings. The zero-order chi connectivity index (χ0) is 14.5. The molecule has 0 aromatic heterocycles. The number of carbonyl (C=O) groups excluding carboxylic acids is 1. The quantitative estimate of drug-likeness (QED) is 0.911. The number of carbonyl (C=O) groups is 1. The van der Waals surface area contributed by atoms with Gasteiger partial charge in [0.2, 0.25) is 5.91 Å². The van der Waals surface area contributed by atoms with Crippen molar-refractivity contribution >= 4 is 17.5 Å². The summed E-state index contributed by atoms with van der Waals surface area (Å²) in [5.74, 6) is -0.165. The molecule has 110 valence electrons. The number of likely N-dealkylation sites (N-methyl/N-ethyl adjacent to an activating group) is 1. The van der Waals surface area contributed by atoms with Gasteiger partial charge in [-0.25, -0.2) is 4.39 Å². The molecule has 0 unspecified atom stereocenters. The SMILES string of the molecule is CNCC(=O)N1CCN(Cc2c(F)cccc2Cl)CC1. The number of amides is 1. The normalized spacial score (nSPS) is 16.4. The number of benzene rings is 1. The van der Waals surface area contributed by atoms with Crippen LogP contribution < -0.4 is 5.32 Å². The Kier molecular flexibility index (Phi) is 5.34. The minimum Gasteiger partial charge on any atom is -0.339 e. The Bertz CT molecular complexity index is 455. The molecule has 1 N–H and O–H groups in total. The van der Waals surface area contributed by atoms with Crippen molar-refractivity contribution in [3.05, 3.63) is 34.6 Å². The van der Waals surface area contributed by atoms with Crippen LogP contribution in [0.15, 0.2) is 18.2 Å². The van der Waals surface area contributed by atoms with Crippen molar-refractivity contribution in [2.45, 2.75) is 6.54 Å². The van der Waals surface area contributed by atoms with E-state index in [1.807, 2.05) is 4.90 Å². The van der Waals surface area contributed by atoms with Crippen LogP contribution in [0.1, 0.15) is 5.56 Å². The number of nitrogens with one attached hydrogen (secondary N) is 1. The molecule has 0 radical (unpaired) electrons. The van der Waals surface area contributed by atoms with Crippen LogP contribution in [0.3, 0.4) is 0 Å². The van der Waals surface area contributed by atoms with Gasteiger partial charge in [0, 0.05) is 43.3 Å². The first-order valence-corrected chi connectivity index (χ1v) is 7.07. The van der Waals surface area contributed by atoms with Gasteiger partial charge in [-0.2, -0.15) is 0 Å². The number of piperazine rings is 1. The summed E-state index contributed by atoms with van der Waals surface area (Å²) in [4.78, 5) is 15.7. The number of nitrogens with zero attached hydrogens (tertiary/aromatic N) is 2. The molecular formula is C14H19ClFN3O. The Labute approximate surface area is 123 Å². The smallest absolute Gasteiger partial charge is 0.236 e. The number of hydrogen-bond acceptors (Lipinski definition) is 3. The van der Waals surface area contributed by atoms with Crippen LogP contribution >= 0.6 is 11.6 Å². The van der Waals surface area contributed by atoms with E-state index in [2.05, 4.69) is 10.2 Å². The summed E-state index contributed by atoms with van der Waals surface area (Å²) >= 11 is 6.03. The molecule has 20 heavy (non-hydrogen) atoms. The Morgan fingerprint density at radius 1 is 1.35 bits per heavy atom. The van der Waals surface area contributed by atoms with Crippen LogP contribution in [0.2, 0.25) is 5.02 Å². The summed E-state index contributed by atoms with van der Waals surface area (Å²) in [6.07, 6.45) is 0. The summed E-state index contributed by atoms with van der Waals surface area (Å²) in [5, 5.41) is 3.32. The lowest BCUT2D eigenvalue weighted by atomic mass is 10.2. The zero-order valence-corrected chi connectivity index (χ0v) is 12.3. The third-order valence-electron chi connectivity index (χ3n) is 3.50. The van der Waals surface area contributed by atoms with E-state index in [0.717, 1.165) is 13.1 Å². The summed E-state index contributed by atoms with van der Waals surface area (Å²) in [6.45, 7) is 3.66. The van der Waals surface area contributed by atoms with Crippen LogP contribution in [0.4, 0.5) is 4.39 Å². The molecule has 0 aliphatic carbocycles. The fourth-order valence-corrected chi connectivity index (χ4v) is 2.55. The van der Waals surface area contributed by atoms with E-state index in [1.165, 1.54) is 6.07 Å². The van der Waals surface area contributed by atoms with Crippen LogP contribution in [0, 0.1) is 5.82 Å². The van der Waals surface area contributed by atoms with Crippen molar-refractivity contribution in [3.63, 3.8) is 0 Å². The second-order valence-corrected chi connectivity index (χ2v) is 5.29. The highest BCUT2D eigenvalue weighted by Gasteiger charge is 2.21. The minimum atomic E-state index is -0.272. The fraction of sp³-hybridized carbons (Fsp3) is 0.500. The van der Waals surface area contributed by atoms with E-state index < -0.39 is 0 Å². The van der Waals surface area contributed by atoms with Crippen LogP contribution in [-0.2, 0) is 11.3 Å². The van der Waals surface area contributed by atoms with Crippen molar-refractivity contribution < 1.29 is 9.18 Å². The van der Waals surface area contributed by atoms with Crippen LogP contribution in [0.25, 0.3) is 0 Å². The zero-order valence-electron chi connectivity index (χ0n) is 11.5. The third kappa shape index (κ3) is 3.69. The van der Waals surface area contributed by atoms with Gasteiger partial charge in [-0.1, -0.05) is 17.7 Å². The molecule has 0 saturated carbocycles. The maximum absolute atomic E-state index is 13.7. The van der Waals surface area contributed by atoms with Gasteiger partial charge >= 0.3 is 0 Å². The van der Waals surface area contributed by atoms with Crippen LogP contribution in [-0.4, -0.2) is 55.5 Å². The lowest BCUT2D eigenvalue weighted by Gasteiger charge is -2.35. The van der Waals surface area contributed by atoms with Crippen molar-refractivity contribution in [1.82, 2.24) is 15.1 Å². The Hall–Kier alpha value is -1.17. The van der Waals surface area contributed by atoms with Crippen LogP contribution in [0.5, 0.6) is 0 Å². The predicted molar refractivity (Wildman–Crippen MR) is 77.2 cm³/mol. The summed E-state index contributed by atoms with van der Waals surface area (Å²) < 4.78 is 13.7. The number of rotatable bonds is 4. The highest BCUT2D eigenvalue weighted by molar-refractivity contribution is 6.31. The van der Waals surface area contributed by atoms with Gasteiger partial charge in [0.1, 0.15) is 5.82 Å². The molecule has 0 atom stereocenters. The van der Waals surface area contributed by atoms with Crippen molar-refractivity contribution in [1.29, 1.82) is 0 Å². The van der Waals surface area contributed by atoms with E-state index >= 15 is 0 Å². The second-order valence-electron chi connectivity index (χ2n) is 4.89. The first kappa shape index (κ1) is 15.2. The fourth-order valence-electron chi connectivity index (χ4n) is 2.33. The Morgan fingerprint density at radius 3 is 2.65 bits per heavy atom. The molecule has 1 heterocycles. The Balaban J connectivity index is 1.90. The average Bonchev–Trinajstić information content (AvgIpc) is 2.44. The summed E-state index contributed by atoms with van der Waals surface area (Å²) in [6, 6.07) is 4.73. The molecule has 4 nitrogen and oxygen atoms in total. The maximum atomic E-state index is 13.7. The van der Waals surface area contributed by atoms with E-state index in [1.54, 1.807) is 19.2 Å². The molecule has 0 bridgehead atoms. The number of halogens is 2. The van der Waals surface area contributed by atoms with Crippen molar-refractivity contribution in [2.75, 3.05) is 39.8 Å². The van der Waals surface area contributed by atoms with E-state index in [9.17, 15) is 9.18 Å². The third-order valence-corrected chi connectivity index (χ3v) is 3.85. The molecule has 1 aliphatic heterocycles. The highest BCUT2D eigenvalue weighted by Crippen LogP contribution is 2.21. The molecule has 1 aromatic carbocycles. The minimum absolute atomic E-state index is 0.107. The van der Waals surface area contributed by atoms with Gasteiger partial charge in [-0.3, -0.25) is 9.69 Å². The predicted octanol–water partition coefficient (Wildman–Crippen LogP) is 1.34. The summed E-state index contributed by atoms with van der Waals surface area (Å²) in [7, 11) is 1.76. The molecule has 2 rings (SSSR count). The molecule has 1 saturated heterocycles. The maximum Gasteiger partial charge on any atom is 0.236 e. The standard InChI is InChI=1S/C14H19ClFN3O/c1-17-9-14(20)19-7-5-18(6-8-19)10-11-12(15)3-2-4-13(11)16/h2-4,17H,5-10H2,1H3. The molecule has 0 spiro atoms. The molecule has 6 heteroatoms. The van der Waals surface area contributed by atoms with Crippen molar-refractivity contribution in [2.24, 2.45) is 0 Å². The molecular weight excluding hydrogens is 281 g/mol. The molecule has 1 fully saturated rings. The molecule has 1 aliphatic rings. The van der Waals surface area contributed by atoms with E-state index in [-0.39, 0.29) is 11.7 Å². The topological polar surface area (TPSA) is 35.6 Å². The Morgan fingerprint density at radius 2 is 2.05 bits per heavy atom. The number of hydrogen-bond donors (Lipinski definition) is 1. The van der Waals surface area contributed by atoms with Gasteiger partial charge in [0.15, 0.2) is 0 Å². The highest BCUT2D eigenvalue weighted by atomic mass is 35.5. The summed E-state index contributed by atoms with van der Waals surface area (Å²) in [5.41, 5.74) is 0.532. The lowest BCUT2D eigenvalue weighted by Crippen LogP contribution is -2.50.